The Morgan fingerprint density at radius 1 is 0.486 bits per heavy atom. The number of tetrazole rings is 1. The first kappa shape index (κ1) is 64.6. The molecule has 378 valence electrons. The van der Waals surface area contributed by atoms with Crippen LogP contribution in [0.5, 0.6) is 0 Å². The van der Waals surface area contributed by atoms with Gasteiger partial charge < -0.3 is 20.5 Å². The van der Waals surface area contributed by atoms with Crippen LogP contribution in [0.4, 0.5) is 0 Å². The van der Waals surface area contributed by atoms with Crippen molar-refractivity contribution >= 4 is 69.2 Å². The van der Waals surface area contributed by atoms with Gasteiger partial charge in [-0.25, -0.2) is 81.6 Å². The van der Waals surface area contributed by atoms with Crippen LogP contribution in [-0.2, 0) is 149 Å². The number of aryl methyl sites for hydroxylation is 4. The van der Waals surface area contributed by atoms with E-state index in [4.69, 9.17) is 4.42 Å². The first-order valence-electron chi connectivity index (χ1n) is 17.5. The molecule has 0 saturated heterocycles. The van der Waals surface area contributed by atoms with Crippen LogP contribution in [0, 0.1) is 36.4 Å². The quantitative estimate of drug-likeness (QED) is 0.197. The fourth-order valence-electron chi connectivity index (χ4n) is 4.27. The molecule has 12 rings (SSSR count). The van der Waals surface area contributed by atoms with Gasteiger partial charge in [-0.2, -0.15) is 10.2 Å². The van der Waals surface area contributed by atoms with Gasteiger partial charge in [0.15, 0.2) is 6.39 Å². The van der Waals surface area contributed by atoms with Gasteiger partial charge in [0.25, 0.3) is 0 Å². The summed E-state index contributed by atoms with van der Waals surface area (Å²) in [6.07, 6.45) is 11.6. The number of nitrogens with zero attached hydrogens (tertiary/aromatic N) is 22. The Labute approximate surface area is 503 Å². The van der Waals surface area contributed by atoms with Crippen molar-refractivity contribution in [3.05, 3.63) is 119 Å². The molecule has 6 radical (unpaired) electrons. The van der Waals surface area contributed by atoms with E-state index < -0.39 is 0 Å². The third kappa shape index (κ3) is 20.6. The molecule has 0 spiro atoms. The summed E-state index contributed by atoms with van der Waals surface area (Å²) in [4.78, 5) is 9.32. The molecule has 0 aliphatic carbocycles. The molecular weight excluding hydrogens is 2090 g/mol. The summed E-state index contributed by atoms with van der Waals surface area (Å²) in [5.41, 5.74) is 6.11. The van der Waals surface area contributed by atoms with Gasteiger partial charge in [0.2, 0.25) is 0 Å². The fourth-order valence-corrected chi connectivity index (χ4v) is 7.04. The Bertz CT molecular complexity index is 2600. The summed E-state index contributed by atoms with van der Waals surface area (Å²) in [7, 11) is 7.24. The zero-order valence-electron chi connectivity index (χ0n) is 35.3. The molecule has 35 heteroatoms. The average molecular weight is 2120 g/mol. The Hall–Kier alpha value is -3.41. The van der Waals surface area contributed by atoms with Gasteiger partial charge in [-0.1, -0.05) is 135 Å². The topological polar surface area (TPSA) is 257 Å². The summed E-state index contributed by atoms with van der Waals surface area (Å²) in [5.74, 6) is 1.85. The normalized spacial score (nSPS) is 9.31. The van der Waals surface area contributed by atoms with E-state index in [0.29, 0.717) is 23.2 Å². The second-order valence-corrected chi connectivity index (χ2v) is 15.3. The first-order chi connectivity index (χ1) is 31.4. The van der Waals surface area contributed by atoms with Crippen LogP contribution in [0.1, 0.15) is 0 Å². The van der Waals surface area contributed by atoms with E-state index >= 15 is 0 Å². The van der Waals surface area contributed by atoms with Crippen molar-refractivity contribution in [3.8, 4) is 63.0 Å². The maximum atomic E-state index is 4.77. The van der Waals surface area contributed by atoms with Crippen molar-refractivity contribution in [1.29, 1.82) is 0 Å². The van der Waals surface area contributed by atoms with E-state index in [9.17, 15) is 0 Å². The minimum Gasteiger partial charge on any atom is -0.472 e. The maximum absolute atomic E-state index is 4.77. The van der Waals surface area contributed by atoms with Crippen molar-refractivity contribution in [2.45, 2.75) is 0 Å². The predicted molar refractivity (Wildman–Crippen MR) is 236 cm³/mol. The fraction of sp³-hybridized carbons (Fsp3) is 0.114. The number of hydrogen-bond donors (Lipinski definition) is 0. The molecule has 0 aliphatic rings. The standard InChI is InChI=1S/C7H6N3S.2C6H5N4S.C6H3N2OS.C5H4N5S.C5H3N4S.6Ir/c1-10-4-2-6(8-10)7-3-5-11-9-7;1-10-4-7-6(8-10)5-2-3-11-9-5;1-10-4-6(7-9-10)5-2-3-11-8-5;1-2-10-8-5(1)6-3-9-4-7-6;1-10-7-5(6-9-10)4-2-3-11-8-4;1-4-10-7-5(1)9-3-2-6-8-9;;;;;;/h2,4-5H,1H3;2*3-4H,1H3;2-4H;3H,1H3;2-4H;;;;;;/q6*-1;;;;;;. The molecule has 0 saturated carbocycles. The molecule has 0 fully saturated rings. The minimum atomic E-state index is 0. The van der Waals surface area contributed by atoms with Gasteiger partial charge in [-0.15, -0.1) is 5.10 Å². The zero-order chi connectivity index (χ0) is 44.4. The van der Waals surface area contributed by atoms with Crippen molar-refractivity contribution < 1.29 is 125 Å². The molecular formula is C35H26Ir6N22OS6-6. The maximum Gasteiger partial charge on any atom is 0.160 e. The Morgan fingerprint density at radius 3 is 1.46 bits per heavy atom. The molecule has 0 amide bonds. The van der Waals surface area contributed by atoms with E-state index in [0.717, 1.165) is 39.9 Å². The second kappa shape index (κ2) is 34.9. The van der Waals surface area contributed by atoms with E-state index in [-0.39, 0.29) is 121 Å². The van der Waals surface area contributed by atoms with Crippen molar-refractivity contribution in [1.82, 2.24) is 106 Å². The number of aromatic nitrogens is 22. The van der Waals surface area contributed by atoms with Crippen LogP contribution >= 0.6 is 69.2 Å². The third-order valence-corrected chi connectivity index (χ3v) is 10.0. The summed E-state index contributed by atoms with van der Waals surface area (Å²) >= 11 is 8.11. The molecule has 12 aromatic rings. The van der Waals surface area contributed by atoms with E-state index in [1.54, 1.807) is 77.7 Å². The molecule has 70 heavy (non-hydrogen) atoms. The predicted octanol–water partition coefficient (Wildman–Crippen LogP) is 5.06. The van der Waals surface area contributed by atoms with Crippen LogP contribution in [0.2, 0.25) is 0 Å². The Kier molecular flexibility index (Phi) is 32.2. The monoisotopic (exact) mass is 2120 g/mol. The van der Waals surface area contributed by atoms with Crippen molar-refractivity contribution in [2.24, 2.45) is 28.2 Å². The zero-order valence-corrected chi connectivity index (χ0v) is 54.5. The number of rotatable bonds is 6. The van der Waals surface area contributed by atoms with Gasteiger partial charge in [0.1, 0.15) is 0 Å². The van der Waals surface area contributed by atoms with Crippen LogP contribution in [-0.4, -0.2) is 106 Å². The smallest absolute Gasteiger partial charge is 0.160 e. The van der Waals surface area contributed by atoms with Crippen LogP contribution in [0.15, 0.2) is 86.5 Å². The Morgan fingerprint density at radius 2 is 1.04 bits per heavy atom. The Balaban J connectivity index is 0.000000413. The van der Waals surface area contributed by atoms with Crippen LogP contribution < -0.4 is 0 Å². The molecule has 23 nitrogen and oxygen atoms in total. The molecule has 0 atom stereocenters. The SMILES string of the molecule is Cn1cc(-c2[c-]csn2)nn1.Cn1ccc(-c2[c-]csn2)n1.Cn1cnc(-c2[c-]csn2)n1.Cn1nnc(-c2[c-]csn2)n1.[Ir].[Ir].[Ir].[Ir].[Ir].[Ir].[c-]1csnc1-c1cocn1.[c-]1csnc1-n1ccnn1. The van der Waals surface area contributed by atoms with Gasteiger partial charge in [0, 0.05) is 173 Å². The summed E-state index contributed by atoms with van der Waals surface area (Å²) in [6.45, 7) is 0. The van der Waals surface area contributed by atoms with Crippen LogP contribution in [0.25, 0.3) is 63.0 Å². The largest absolute Gasteiger partial charge is 0.472 e. The summed E-state index contributed by atoms with van der Waals surface area (Å²) in [5, 5.41) is 45.4. The van der Waals surface area contributed by atoms with Crippen molar-refractivity contribution in [2.75, 3.05) is 0 Å². The van der Waals surface area contributed by atoms with Gasteiger partial charge in [0.05, 0.1) is 18.3 Å². The van der Waals surface area contributed by atoms with E-state index in [1.165, 1.54) is 80.4 Å². The van der Waals surface area contributed by atoms with Crippen molar-refractivity contribution in [3.63, 3.8) is 0 Å². The average Bonchev–Trinajstić information content (AvgIpc) is 4.12. The third-order valence-electron chi connectivity index (χ3n) is 6.99. The molecule has 12 heterocycles. The van der Waals surface area contributed by atoms with Gasteiger partial charge in [-0.3, -0.25) is 19.1 Å². The molecule has 0 N–H and O–H groups in total. The molecule has 12 aromatic heterocycles. The summed E-state index contributed by atoms with van der Waals surface area (Å²) < 4.78 is 35.6. The minimum absolute atomic E-state index is 0. The van der Waals surface area contributed by atoms with Crippen LogP contribution in [0.3, 0.4) is 0 Å². The molecule has 0 bridgehead atoms. The molecule has 0 aromatic carbocycles. The van der Waals surface area contributed by atoms with E-state index in [1.807, 2.05) is 45.0 Å². The molecule has 0 aliphatic heterocycles. The first-order valence-corrected chi connectivity index (χ1v) is 22.5. The molecule has 0 unspecified atom stereocenters. The number of hydrogen-bond acceptors (Lipinski definition) is 24. The summed E-state index contributed by atoms with van der Waals surface area (Å²) in [6, 6.07) is 19.5. The number of oxazole rings is 1. The van der Waals surface area contributed by atoms with Gasteiger partial charge in [-0.05, 0) is 40.5 Å². The van der Waals surface area contributed by atoms with E-state index in [2.05, 4.69) is 119 Å². The second-order valence-electron chi connectivity index (χ2n) is 11.5. The van der Waals surface area contributed by atoms with Gasteiger partial charge >= 0.3 is 0 Å².